The first-order chi connectivity index (χ1) is 14.8. The van der Waals surface area contributed by atoms with E-state index in [1.165, 1.54) is 0 Å². The number of benzene rings is 2. The van der Waals surface area contributed by atoms with Gasteiger partial charge in [-0.1, -0.05) is 56.6 Å². The highest BCUT2D eigenvalue weighted by molar-refractivity contribution is 6.32. The molecule has 6 nitrogen and oxygen atoms in total. The number of halogens is 1. The minimum absolute atomic E-state index is 0.176. The molecule has 2 aromatic rings. The highest BCUT2D eigenvalue weighted by atomic mass is 35.5. The standard InChI is InChI=1S/C24H31ClN2O4/c1-5-21(24(29)26-14-17(2)3)27(15-18-9-8-10-19(13-18)30-4)23(28)16-31-22-12-7-6-11-20(22)25/h6-13,17,21H,5,14-16H2,1-4H3,(H,26,29)/t21-/m1/s1. The van der Waals surface area contributed by atoms with Crippen LogP contribution in [0.5, 0.6) is 11.5 Å². The van der Waals surface area contributed by atoms with Crippen LogP contribution >= 0.6 is 11.6 Å². The molecule has 0 bridgehead atoms. The summed E-state index contributed by atoms with van der Waals surface area (Å²) in [6, 6.07) is 13.8. The zero-order valence-electron chi connectivity index (χ0n) is 18.6. The largest absolute Gasteiger partial charge is 0.497 e. The summed E-state index contributed by atoms with van der Waals surface area (Å²) in [4.78, 5) is 27.6. The molecule has 2 rings (SSSR count). The number of nitrogens with zero attached hydrogens (tertiary/aromatic N) is 1. The van der Waals surface area contributed by atoms with E-state index in [1.54, 1.807) is 36.3 Å². The number of hydrogen-bond donors (Lipinski definition) is 1. The summed E-state index contributed by atoms with van der Waals surface area (Å²) >= 11 is 6.13. The molecule has 1 N–H and O–H groups in total. The van der Waals surface area contributed by atoms with Crippen molar-refractivity contribution in [1.82, 2.24) is 10.2 Å². The Morgan fingerprint density at radius 2 is 1.87 bits per heavy atom. The van der Waals surface area contributed by atoms with E-state index in [4.69, 9.17) is 21.1 Å². The first kappa shape index (κ1) is 24.5. The van der Waals surface area contributed by atoms with E-state index >= 15 is 0 Å². The van der Waals surface area contributed by atoms with Crippen LogP contribution in [0.2, 0.25) is 5.02 Å². The summed E-state index contributed by atoms with van der Waals surface area (Å²) in [5.41, 5.74) is 0.862. The second-order valence-electron chi connectivity index (χ2n) is 7.66. The van der Waals surface area contributed by atoms with Crippen LogP contribution < -0.4 is 14.8 Å². The zero-order valence-corrected chi connectivity index (χ0v) is 19.3. The van der Waals surface area contributed by atoms with Crippen LogP contribution in [0.4, 0.5) is 0 Å². The van der Waals surface area contributed by atoms with Gasteiger partial charge in [0.05, 0.1) is 12.1 Å². The van der Waals surface area contributed by atoms with Gasteiger partial charge >= 0.3 is 0 Å². The van der Waals surface area contributed by atoms with Crippen molar-refractivity contribution in [2.45, 2.75) is 39.8 Å². The highest BCUT2D eigenvalue weighted by Gasteiger charge is 2.29. The quantitative estimate of drug-likeness (QED) is 0.558. The van der Waals surface area contributed by atoms with Crippen LogP contribution in [0.1, 0.15) is 32.8 Å². The maximum Gasteiger partial charge on any atom is 0.261 e. The molecule has 2 aromatic carbocycles. The maximum atomic E-state index is 13.2. The Kier molecular flexibility index (Phi) is 9.66. The van der Waals surface area contributed by atoms with Crippen LogP contribution in [0.25, 0.3) is 0 Å². The Balaban J connectivity index is 2.23. The van der Waals surface area contributed by atoms with Crippen molar-refractivity contribution < 1.29 is 19.1 Å². The van der Waals surface area contributed by atoms with E-state index in [0.29, 0.717) is 35.4 Å². The van der Waals surface area contributed by atoms with Gasteiger partial charge in [0.25, 0.3) is 5.91 Å². The van der Waals surface area contributed by atoms with Crippen LogP contribution in [-0.2, 0) is 16.1 Å². The van der Waals surface area contributed by atoms with Crippen molar-refractivity contribution in [1.29, 1.82) is 0 Å². The topological polar surface area (TPSA) is 67.9 Å². The van der Waals surface area contributed by atoms with Gasteiger partial charge in [-0.15, -0.1) is 0 Å². The summed E-state index contributed by atoms with van der Waals surface area (Å²) in [7, 11) is 1.59. The molecule has 0 saturated heterocycles. The van der Waals surface area contributed by atoms with Crippen LogP contribution in [0.15, 0.2) is 48.5 Å². The van der Waals surface area contributed by atoms with Gasteiger partial charge < -0.3 is 19.7 Å². The molecule has 0 aromatic heterocycles. The minimum Gasteiger partial charge on any atom is -0.497 e. The molecule has 7 heteroatoms. The predicted molar refractivity (Wildman–Crippen MR) is 122 cm³/mol. The van der Waals surface area contributed by atoms with Crippen LogP contribution in [0.3, 0.4) is 0 Å². The zero-order chi connectivity index (χ0) is 22.8. The third kappa shape index (κ3) is 7.47. The second-order valence-corrected chi connectivity index (χ2v) is 8.06. The number of nitrogens with one attached hydrogen (secondary N) is 1. The van der Waals surface area contributed by atoms with Gasteiger partial charge in [0.15, 0.2) is 6.61 Å². The summed E-state index contributed by atoms with van der Waals surface area (Å²) in [5.74, 6) is 0.956. The number of methoxy groups -OCH3 is 1. The van der Waals surface area contributed by atoms with Gasteiger partial charge in [-0.3, -0.25) is 9.59 Å². The molecule has 168 valence electrons. The average Bonchev–Trinajstić information content (AvgIpc) is 2.76. The molecule has 0 aliphatic carbocycles. The Hall–Kier alpha value is -2.73. The molecular formula is C24H31ClN2O4. The van der Waals surface area contributed by atoms with Crippen molar-refractivity contribution in [2.75, 3.05) is 20.3 Å². The molecule has 1 atom stereocenters. The molecule has 0 fully saturated rings. The lowest BCUT2D eigenvalue weighted by atomic mass is 10.1. The summed E-state index contributed by atoms with van der Waals surface area (Å²) in [6.45, 7) is 6.53. The van der Waals surface area contributed by atoms with Gasteiger partial charge in [0.1, 0.15) is 17.5 Å². The number of para-hydroxylation sites is 1. The van der Waals surface area contributed by atoms with E-state index in [9.17, 15) is 9.59 Å². The maximum absolute atomic E-state index is 13.2. The third-order valence-electron chi connectivity index (χ3n) is 4.75. The lowest BCUT2D eigenvalue weighted by Crippen LogP contribution is -2.50. The van der Waals surface area contributed by atoms with Crippen LogP contribution in [-0.4, -0.2) is 43.0 Å². The lowest BCUT2D eigenvalue weighted by Gasteiger charge is -2.31. The van der Waals surface area contributed by atoms with E-state index in [1.807, 2.05) is 45.0 Å². The van der Waals surface area contributed by atoms with Crippen LogP contribution in [0, 0.1) is 5.92 Å². The fourth-order valence-electron chi connectivity index (χ4n) is 3.09. The van der Waals surface area contributed by atoms with E-state index in [-0.39, 0.29) is 25.0 Å². The number of amides is 2. The Morgan fingerprint density at radius 3 is 2.52 bits per heavy atom. The predicted octanol–water partition coefficient (Wildman–Crippen LogP) is 4.31. The molecule has 2 amide bonds. The molecule has 0 saturated carbocycles. The monoisotopic (exact) mass is 446 g/mol. The summed E-state index contributed by atoms with van der Waals surface area (Å²) in [5, 5.41) is 3.37. The van der Waals surface area contributed by atoms with Gasteiger partial charge in [-0.05, 0) is 42.2 Å². The minimum atomic E-state index is -0.618. The molecule has 0 aliphatic rings. The normalized spacial score (nSPS) is 11.7. The van der Waals surface area contributed by atoms with Crippen molar-refractivity contribution >= 4 is 23.4 Å². The average molecular weight is 447 g/mol. The fraction of sp³-hybridized carbons (Fsp3) is 0.417. The molecule has 0 aliphatic heterocycles. The number of ether oxygens (including phenoxy) is 2. The lowest BCUT2D eigenvalue weighted by molar-refractivity contribution is -0.143. The number of carbonyl (C=O) groups excluding carboxylic acids is 2. The number of rotatable bonds is 11. The first-order valence-corrected chi connectivity index (χ1v) is 10.8. The Bertz CT molecular complexity index is 872. The second kappa shape index (κ2) is 12.2. The Labute approximate surface area is 189 Å². The van der Waals surface area contributed by atoms with Gasteiger partial charge in [0, 0.05) is 13.1 Å². The first-order valence-electron chi connectivity index (χ1n) is 10.4. The van der Waals surface area contributed by atoms with Gasteiger partial charge in [-0.25, -0.2) is 0 Å². The summed E-state index contributed by atoms with van der Waals surface area (Å²) in [6.07, 6.45) is 0.478. The number of carbonyl (C=O) groups is 2. The molecule has 0 radical (unpaired) electrons. The van der Waals surface area contributed by atoms with E-state index in [0.717, 1.165) is 5.56 Å². The molecular weight excluding hydrogens is 416 g/mol. The van der Waals surface area contributed by atoms with Gasteiger partial charge in [0.2, 0.25) is 5.91 Å². The number of hydrogen-bond acceptors (Lipinski definition) is 4. The summed E-state index contributed by atoms with van der Waals surface area (Å²) < 4.78 is 10.9. The Morgan fingerprint density at radius 1 is 1.13 bits per heavy atom. The smallest absolute Gasteiger partial charge is 0.261 e. The molecule has 0 heterocycles. The molecule has 31 heavy (non-hydrogen) atoms. The van der Waals surface area contributed by atoms with E-state index < -0.39 is 6.04 Å². The van der Waals surface area contributed by atoms with Crippen molar-refractivity contribution in [3.63, 3.8) is 0 Å². The van der Waals surface area contributed by atoms with E-state index in [2.05, 4.69) is 5.32 Å². The van der Waals surface area contributed by atoms with Crippen molar-refractivity contribution in [3.05, 3.63) is 59.1 Å². The molecule has 0 unspecified atom stereocenters. The third-order valence-corrected chi connectivity index (χ3v) is 5.06. The molecule has 0 spiro atoms. The fourth-order valence-corrected chi connectivity index (χ4v) is 3.28. The van der Waals surface area contributed by atoms with Gasteiger partial charge in [-0.2, -0.15) is 0 Å². The SMILES string of the molecule is CC[C@H](C(=O)NCC(C)C)N(Cc1cccc(OC)c1)C(=O)COc1ccccc1Cl. The van der Waals surface area contributed by atoms with Crippen molar-refractivity contribution in [2.24, 2.45) is 5.92 Å². The highest BCUT2D eigenvalue weighted by Crippen LogP contribution is 2.23. The van der Waals surface area contributed by atoms with Crippen molar-refractivity contribution in [3.8, 4) is 11.5 Å².